The maximum absolute atomic E-state index is 3.56. The molecular weight excluding hydrogens is 112 g/mol. The predicted octanol–water partition coefficient (Wildman–Crippen LogP) is 2.15. The van der Waals surface area contributed by atoms with Crippen LogP contribution in [0.3, 0.4) is 0 Å². The van der Waals surface area contributed by atoms with Crippen LogP contribution in [0.15, 0.2) is 0 Å². The second-order valence-corrected chi connectivity index (χ2v) is 3.12. The summed E-state index contributed by atoms with van der Waals surface area (Å²) in [6, 6.07) is 1.22. The summed E-state index contributed by atoms with van der Waals surface area (Å²) in [5.74, 6) is 1.00. The predicted molar refractivity (Wildman–Crippen MR) is 37.1 cm³/mol. The Morgan fingerprint density at radius 1 is 1.12 bits per heavy atom. The quantitative estimate of drug-likeness (QED) is 0.471. The molecule has 0 aromatic carbocycles. The van der Waals surface area contributed by atoms with Gasteiger partial charge in [0.15, 0.2) is 0 Å². The van der Waals surface area contributed by atoms with Crippen LogP contribution in [0.25, 0.3) is 0 Å². The standard InChI is InChI=1S/C7H13Si/c8-6-7-4-2-1-3-5-7/h7H,1-6H2. The highest BCUT2D eigenvalue weighted by atomic mass is 28.1. The Morgan fingerprint density at radius 2 is 1.75 bits per heavy atom. The average Bonchev–Trinajstić information content (AvgIpc) is 1.90. The topological polar surface area (TPSA) is 0 Å². The SMILES string of the molecule is [Si]CC1CCCCC1. The summed E-state index contributed by atoms with van der Waals surface area (Å²) in [7, 11) is 3.56. The van der Waals surface area contributed by atoms with Crippen LogP contribution in [0.4, 0.5) is 0 Å². The maximum Gasteiger partial charge on any atom is 0.0225 e. The molecule has 1 rings (SSSR count). The lowest BCUT2D eigenvalue weighted by Gasteiger charge is -2.18. The molecule has 0 unspecified atom stereocenters. The van der Waals surface area contributed by atoms with Gasteiger partial charge >= 0.3 is 0 Å². The molecule has 1 aliphatic carbocycles. The second-order valence-electron chi connectivity index (χ2n) is 2.71. The summed E-state index contributed by atoms with van der Waals surface area (Å²) in [6.45, 7) is 0. The lowest BCUT2D eigenvalue weighted by atomic mass is 9.91. The summed E-state index contributed by atoms with van der Waals surface area (Å²) in [5, 5.41) is 0. The van der Waals surface area contributed by atoms with Crippen molar-refractivity contribution in [2.45, 2.75) is 38.1 Å². The van der Waals surface area contributed by atoms with Gasteiger partial charge in [0.25, 0.3) is 0 Å². The van der Waals surface area contributed by atoms with Gasteiger partial charge < -0.3 is 0 Å². The van der Waals surface area contributed by atoms with E-state index in [0.29, 0.717) is 0 Å². The average molecular weight is 125 g/mol. The van der Waals surface area contributed by atoms with Crippen LogP contribution in [0.1, 0.15) is 32.1 Å². The van der Waals surface area contributed by atoms with Gasteiger partial charge in [-0.1, -0.05) is 38.1 Å². The van der Waals surface area contributed by atoms with Crippen LogP contribution < -0.4 is 0 Å². The van der Waals surface area contributed by atoms with Crippen LogP contribution in [-0.4, -0.2) is 10.2 Å². The Labute approximate surface area is 55.1 Å². The number of hydrogen-bond donors (Lipinski definition) is 0. The molecule has 3 radical (unpaired) electrons. The van der Waals surface area contributed by atoms with Crippen LogP contribution >= 0.6 is 0 Å². The van der Waals surface area contributed by atoms with Gasteiger partial charge in [0.1, 0.15) is 0 Å². The highest BCUT2D eigenvalue weighted by Crippen LogP contribution is 2.25. The van der Waals surface area contributed by atoms with E-state index in [2.05, 4.69) is 10.2 Å². The van der Waals surface area contributed by atoms with Crippen LogP contribution in [0.2, 0.25) is 6.04 Å². The zero-order valence-corrected chi connectivity index (χ0v) is 6.32. The lowest BCUT2D eigenvalue weighted by molar-refractivity contribution is 0.385. The first-order valence-electron chi connectivity index (χ1n) is 3.58. The van der Waals surface area contributed by atoms with Crippen LogP contribution in [0.5, 0.6) is 0 Å². The van der Waals surface area contributed by atoms with E-state index in [0.717, 1.165) is 5.92 Å². The van der Waals surface area contributed by atoms with E-state index in [1.54, 1.807) is 0 Å². The van der Waals surface area contributed by atoms with Gasteiger partial charge in [0.05, 0.1) is 0 Å². The largest absolute Gasteiger partial charge is 0.0609 e. The molecule has 1 fully saturated rings. The fourth-order valence-electron chi connectivity index (χ4n) is 1.39. The number of rotatable bonds is 1. The highest BCUT2D eigenvalue weighted by molar-refractivity contribution is 6.08. The van der Waals surface area contributed by atoms with E-state index in [-0.39, 0.29) is 0 Å². The molecule has 45 valence electrons. The molecular formula is C7H13Si. The van der Waals surface area contributed by atoms with Crippen molar-refractivity contribution in [3.8, 4) is 0 Å². The van der Waals surface area contributed by atoms with Crippen molar-refractivity contribution in [2.75, 3.05) is 0 Å². The Morgan fingerprint density at radius 3 is 2.12 bits per heavy atom. The van der Waals surface area contributed by atoms with Crippen molar-refractivity contribution in [1.29, 1.82) is 0 Å². The van der Waals surface area contributed by atoms with Crippen molar-refractivity contribution >= 4 is 10.2 Å². The Bertz CT molecular complexity index is 55.4. The van der Waals surface area contributed by atoms with Gasteiger partial charge in [-0.05, 0) is 5.92 Å². The third-order valence-electron chi connectivity index (χ3n) is 2.01. The minimum absolute atomic E-state index is 1.00. The molecule has 8 heavy (non-hydrogen) atoms. The monoisotopic (exact) mass is 125 g/mol. The molecule has 1 aliphatic rings. The molecule has 0 saturated heterocycles. The van der Waals surface area contributed by atoms with E-state index in [1.807, 2.05) is 0 Å². The normalized spacial score (nSPS) is 23.6. The third kappa shape index (κ3) is 1.62. The third-order valence-corrected chi connectivity index (χ3v) is 2.59. The van der Waals surface area contributed by atoms with Crippen molar-refractivity contribution in [1.82, 2.24) is 0 Å². The van der Waals surface area contributed by atoms with E-state index in [1.165, 1.54) is 38.1 Å². The molecule has 0 bridgehead atoms. The Kier molecular flexibility index (Phi) is 2.60. The van der Waals surface area contributed by atoms with Crippen molar-refractivity contribution < 1.29 is 0 Å². The van der Waals surface area contributed by atoms with Gasteiger partial charge in [0, 0.05) is 10.2 Å². The van der Waals surface area contributed by atoms with Gasteiger partial charge in [-0.2, -0.15) is 0 Å². The fourth-order valence-corrected chi connectivity index (χ4v) is 1.80. The zero-order chi connectivity index (χ0) is 5.82. The van der Waals surface area contributed by atoms with E-state index < -0.39 is 0 Å². The molecule has 0 aromatic heterocycles. The molecule has 0 aromatic rings. The maximum atomic E-state index is 3.56. The van der Waals surface area contributed by atoms with E-state index >= 15 is 0 Å². The van der Waals surface area contributed by atoms with Crippen LogP contribution in [-0.2, 0) is 0 Å². The summed E-state index contributed by atoms with van der Waals surface area (Å²) in [5.41, 5.74) is 0. The van der Waals surface area contributed by atoms with Crippen LogP contribution in [0, 0.1) is 5.92 Å². The first-order valence-corrected chi connectivity index (χ1v) is 4.29. The summed E-state index contributed by atoms with van der Waals surface area (Å²) < 4.78 is 0. The molecule has 0 atom stereocenters. The molecule has 1 saturated carbocycles. The van der Waals surface area contributed by atoms with Gasteiger partial charge in [-0.3, -0.25) is 0 Å². The molecule has 0 nitrogen and oxygen atoms in total. The Balaban J connectivity index is 2.13. The van der Waals surface area contributed by atoms with E-state index in [9.17, 15) is 0 Å². The molecule has 0 amide bonds. The number of hydrogen-bond acceptors (Lipinski definition) is 0. The van der Waals surface area contributed by atoms with E-state index in [4.69, 9.17) is 0 Å². The molecule has 0 spiro atoms. The fraction of sp³-hybridized carbons (Fsp3) is 1.00. The summed E-state index contributed by atoms with van der Waals surface area (Å²) in [6.07, 6.45) is 7.33. The van der Waals surface area contributed by atoms with Gasteiger partial charge in [-0.15, -0.1) is 0 Å². The van der Waals surface area contributed by atoms with Gasteiger partial charge in [-0.25, -0.2) is 0 Å². The first kappa shape index (κ1) is 6.34. The van der Waals surface area contributed by atoms with Gasteiger partial charge in [0.2, 0.25) is 0 Å². The summed E-state index contributed by atoms with van der Waals surface area (Å²) in [4.78, 5) is 0. The van der Waals surface area contributed by atoms with Crippen molar-refractivity contribution in [3.05, 3.63) is 0 Å². The molecule has 0 aliphatic heterocycles. The second kappa shape index (κ2) is 3.28. The Hall–Kier alpha value is 0.217. The molecule has 1 heteroatoms. The smallest absolute Gasteiger partial charge is 0.0225 e. The summed E-state index contributed by atoms with van der Waals surface area (Å²) >= 11 is 0. The minimum Gasteiger partial charge on any atom is -0.0609 e. The minimum atomic E-state index is 1.00. The zero-order valence-electron chi connectivity index (χ0n) is 5.32. The highest BCUT2D eigenvalue weighted by Gasteiger charge is 2.09. The first-order chi connectivity index (χ1) is 3.93. The molecule has 0 heterocycles. The van der Waals surface area contributed by atoms with Crippen molar-refractivity contribution in [3.63, 3.8) is 0 Å². The lowest BCUT2D eigenvalue weighted by Crippen LogP contribution is -2.04. The molecule has 0 N–H and O–H groups in total. The van der Waals surface area contributed by atoms with Crippen molar-refractivity contribution in [2.24, 2.45) is 5.92 Å².